The summed E-state index contributed by atoms with van der Waals surface area (Å²) in [5.74, 6) is 0. The van der Waals surface area contributed by atoms with Crippen LogP contribution in [-0.2, 0) is 11.2 Å². The normalized spacial score (nSPS) is 12.6. The van der Waals surface area contributed by atoms with E-state index in [-0.39, 0.29) is 6.04 Å². The molecule has 3 rings (SSSR count). The number of ether oxygens (including phenoxy) is 1. The lowest BCUT2D eigenvalue weighted by Gasteiger charge is -2.24. The second-order valence-electron chi connectivity index (χ2n) is 7.31. The molecule has 0 bridgehead atoms. The van der Waals surface area contributed by atoms with Gasteiger partial charge in [-0.3, -0.25) is 4.98 Å². The number of fused-ring (bicyclic) bond motifs is 1. The Morgan fingerprint density at radius 1 is 1.00 bits per heavy atom. The number of carbonyl (C=O) groups is 1. The van der Waals surface area contributed by atoms with E-state index in [2.05, 4.69) is 11.4 Å². The van der Waals surface area contributed by atoms with E-state index in [1.165, 1.54) is 0 Å². The van der Waals surface area contributed by atoms with Gasteiger partial charge in [-0.25, -0.2) is 4.79 Å². The second kappa shape index (κ2) is 7.56. The van der Waals surface area contributed by atoms with Crippen molar-refractivity contribution < 1.29 is 9.53 Å². The van der Waals surface area contributed by atoms with E-state index in [0.717, 1.165) is 22.2 Å². The molecule has 1 amide bonds. The number of aromatic nitrogens is 1. The highest BCUT2D eigenvalue weighted by Crippen LogP contribution is 2.20. The van der Waals surface area contributed by atoms with Crippen molar-refractivity contribution >= 4 is 17.0 Å². The first-order valence-corrected chi connectivity index (χ1v) is 8.80. The van der Waals surface area contributed by atoms with Crippen molar-refractivity contribution in [2.45, 2.75) is 38.8 Å². The number of nitrogens with zero attached hydrogens (tertiary/aromatic N) is 1. The molecule has 0 aliphatic heterocycles. The fraction of sp³-hybridized carbons (Fsp3) is 0.273. The third-order valence-corrected chi connectivity index (χ3v) is 3.96. The maximum Gasteiger partial charge on any atom is 0.408 e. The van der Waals surface area contributed by atoms with Gasteiger partial charge in [-0.05, 0) is 38.5 Å². The highest BCUT2D eigenvalue weighted by Gasteiger charge is 2.21. The molecule has 0 saturated heterocycles. The zero-order valence-corrected chi connectivity index (χ0v) is 15.4. The molecule has 4 heteroatoms. The molecule has 3 aromatic rings. The van der Waals surface area contributed by atoms with Crippen molar-refractivity contribution in [2.75, 3.05) is 0 Å². The van der Waals surface area contributed by atoms with Crippen LogP contribution in [0.4, 0.5) is 4.79 Å². The molecule has 2 aromatic carbocycles. The van der Waals surface area contributed by atoms with Gasteiger partial charge in [0, 0.05) is 17.5 Å². The van der Waals surface area contributed by atoms with Gasteiger partial charge in [0.2, 0.25) is 0 Å². The van der Waals surface area contributed by atoms with Gasteiger partial charge in [-0.15, -0.1) is 0 Å². The number of rotatable bonds is 4. The van der Waals surface area contributed by atoms with Crippen molar-refractivity contribution in [3.63, 3.8) is 0 Å². The molecular weight excluding hydrogens is 324 g/mol. The topological polar surface area (TPSA) is 51.2 Å². The SMILES string of the molecule is CC(C)(C)OC(=O)N[C@H](Cc1ccc2ccccc2n1)c1ccccc1. The number of benzene rings is 2. The van der Waals surface area contributed by atoms with Crippen LogP contribution in [0.25, 0.3) is 10.9 Å². The Hall–Kier alpha value is -2.88. The summed E-state index contributed by atoms with van der Waals surface area (Å²) in [6, 6.07) is 21.8. The van der Waals surface area contributed by atoms with Crippen molar-refractivity contribution in [2.24, 2.45) is 0 Å². The quantitative estimate of drug-likeness (QED) is 0.718. The fourth-order valence-electron chi connectivity index (χ4n) is 2.82. The lowest BCUT2D eigenvalue weighted by Crippen LogP contribution is -2.35. The van der Waals surface area contributed by atoms with E-state index in [1.54, 1.807) is 0 Å². The lowest BCUT2D eigenvalue weighted by molar-refractivity contribution is 0.0503. The van der Waals surface area contributed by atoms with Crippen LogP contribution in [0.5, 0.6) is 0 Å². The number of pyridine rings is 1. The van der Waals surface area contributed by atoms with Crippen LogP contribution in [-0.4, -0.2) is 16.7 Å². The van der Waals surface area contributed by atoms with Gasteiger partial charge in [0.25, 0.3) is 0 Å². The molecule has 1 N–H and O–H groups in total. The minimum Gasteiger partial charge on any atom is -0.444 e. The summed E-state index contributed by atoms with van der Waals surface area (Å²) in [7, 11) is 0. The summed E-state index contributed by atoms with van der Waals surface area (Å²) in [4.78, 5) is 17.0. The molecule has 0 saturated carbocycles. The van der Waals surface area contributed by atoms with Gasteiger partial charge < -0.3 is 10.1 Å². The summed E-state index contributed by atoms with van der Waals surface area (Å²) >= 11 is 0. The van der Waals surface area contributed by atoms with E-state index < -0.39 is 11.7 Å². The first-order chi connectivity index (χ1) is 12.4. The van der Waals surface area contributed by atoms with Crippen LogP contribution in [0, 0.1) is 0 Å². The highest BCUT2D eigenvalue weighted by molar-refractivity contribution is 5.78. The standard InChI is InChI=1S/C22H24N2O2/c1-22(2,3)26-21(25)24-20(16-9-5-4-6-10-16)15-18-14-13-17-11-7-8-12-19(17)23-18/h4-14,20H,15H2,1-3H3,(H,24,25)/t20-/m1/s1. The number of hydrogen-bond acceptors (Lipinski definition) is 3. The zero-order chi connectivity index (χ0) is 18.6. The molecule has 0 fully saturated rings. The fourth-order valence-corrected chi connectivity index (χ4v) is 2.82. The number of para-hydroxylation sites is 1. The molecular formula is C22H24N2O2. The first kappa shape index (κ1) is 17.9. The van der Waals surface area contributed by atoms with E-state index >= 15 is 0 Å². The molecule has 4 nitrogen and oxygen atoms in total. The smallest absolute Gasteiger partial charge is 0.408 e. The lowest BCUT2D eigenvalue weighted by atomic mass is 10.0. The van der Waals surface area contributed by atoms with Crippen LogP contribution in [0.1, 0.15) is 38.1 Å². The van der Waals surface area contributed by atoms with E-state index in [9.17, 15) is 4.79 Å². The largest absolute Gasteiger partial charge is 0.444 e. The predicted octanol–water partition coefficient (Wildman–Crippen LogP) is 5.04. The number of hydrogen-bond donors (Lipinski definition) is 1. The van der Waals surface area contributed by atoms with Crippen molar-refractivity contribution in [1.82, 2.24) is 10.3 Å². The predicted molar refractivity (Wildman–Crippen MR) is 104 cm³/mol. The molecule has 134 valence electrons. The number of amides is 1. The molecule has 0 aliphatic carbocycles. The second-order valence-corrected chi connectivity index (χ2v) is 7.31. The summed E-state index contributed by atoms with van der Waals surface area (Å²) in [5.41, 5.74) is 2.36. The molecule has 1 atom stereocenters. The molecule has 1 heterocycles. The third-order valence-electron chi connectivity index (χ3n) is 3.96. The van der Waals surface area contributed by atoms with Gasteiger partial charge >= 0.3 is 6.09 Å². The van der Waals surface area contributed by atoms with E-state index in [0.29, 0.717) is 6.42 Å². The van der Waals surface area contributed by atoms with Gasteiger partial charge in [0.15, 0.2) is 0 Å². The first-order valence-electron chi connectivity index (χ1n) is 8.80. The highest BCUT2D eigenvalue weighted by atomic mass is 16.6. The number of alkyl carbamates (subject to hydrolysis) is 1. The van der Waals surface area contributed by atoms with Crippen LogP contribution < -0.4 is 5.32 Å². The van der Waals surface area contributed by atoms with Gasteiger partial charge in [-0.1, -0.05) is 54.6 Å². The van der Waals surface area contributed by atoms with E-state index in [4.69, 9.17) is 9.72 Å². The van der Waals surface area contributed by atoms with Crippen LogP contribution >= 0.6 is 0 Å². The van der Waals surface area contributed by atoms with Crippen molar-refractivity contribution in [3.8, 4) is 0 Å². The van der Waals surface area contributed by atoms with E-state index in [1.807, 2.05) is 81.4 Å². The van der Waals surface area contributed by atoms with Crippen molar-refractivity contribution in [1.29, 1.82) is 0 Å². The van der Waals surface area contributed by atoms with Crippen molar-refractivity contribution in [3.05, 3.63) is 78.0 Å². The third kappa shape index (κ3) is 4.82. The number of carbonyl (C=O) groups excluding carboxylic acids is 1. The Balaban J connectivity index is 1.84. The van der Waals surface area contributed by atoms with Gasteiger partial charge in [0.1, 0.15) is 5.60 Å². The minimum absolute atomic E-state index is 0.209. The Kier molecular flexibility index (Phi) is 5.21. The molecule has 0 unspecified atom stereocenters. The van der Waals surface area contributed by atoms with Gasteiger partial charge in [-0.2, -0.15) is 0 Å². The average Bonchev–Trinajstić information content (AvgIpc) is 2.60. The van der Waals surface area contributed by atoms with Gasteiger partial charge in [0.05, 0.1) is 11.6 Å². The maximum absolute atomic E-state index is 12.3. The Morgan fingerprint density at radius 2 is 1.69 bits per heavy atom. The van der Waals surface area contributed by atoms with Crippen LogP contribution in [0.3, 0.4) is 0 Å². The zero-order valence-electron chi connectivity index (χ0n) is 15.4. The monoisotopic (exact) mass is 348 g/mol. The molecule has 0 spiro atoms. The summed E-state index contributed by atoms with van der Waals surface area (Å²) in [5, 5.41) is 4.09. The Bertz CT molecular complexity index is 885. The molecule has 1 aromatic heterocycles. The molecule has 0 radical (unpaired) electrons. The molecule has 26 heavy (non-hydrogen) atoms. The minimum atomic E-state index is -0.535. The Morgan fingerprint density at radius 3 is 2.42 bits per heavy atom. The maximum atomic E-state index is 12.3. The Labute approximate surface area is 154 Å². The summed E-state index contributed by atoms with van der Waals surface area (Å²) in [6.07, 6.45) is 0.167. The summed E-state index contributed by atoms with van der Waals surface area (Å²) < 4.78 is 5.43. The summed E-state index contributed by atoms with van der Waals surface area (Å²) in [6.45, 7) is 5.57. The molecule has 0 aliphatic rings. The number of nitrogens with one attached hydrogen (secondary N) is 1. The van der Waals surface area contributed by atoms with Crippen LogP contribution in [0.2, 0.25) is 0 Å². The van der Waals surface area contributed by atoms with Crippen LogP contribution in [0.15, 0.2) is 66.7 Å². The average molecular weight is 348 g/mol.